The maximum absolute atomic E-state index is 14.1. The second-order valence-electron chi connectivity index (χ2n) is 10.9. The van der Waals surface area contributed by atoms with Crippen LogP contribution in [-0.2, 0) is 24.0 Å². The van der Waals surface area contributed by atoms with Gasteiger partial charge >= 0.3 is 0 Å². The van der Waals surface area contributed by atoms with Gasteiger partial charge in [0.1, 0.15) is 17.6 Å². The van der Waals surface area contributed by atoms with E-state index in [4.69, 9.17) is 9.47 Å². The van der Waals surface area contributed by atoms with Gasteiger partial charge in [-0.1, -0.05) is 72.0 Å². The van der Waals surface area contributed by atoms with E-state index in [1.807, 2.05) is 50.3 Å². The lowest BCUT2D eigenvalue weighted by molar-refractivity contribution is -0.189. The van der Waals surface area contributed by atoms with Gasteiger partial charge in [0.2, 0.25) is 5.91 Å². The van der Waals surface area contributed by atoms with E-state index < -0.39 is 40.5 Å². The van der Waals surface area contributed by atoms with Gasteiger partial charge in [0.15, 0.2) is 11.2 Å². The van der Waals surface area contributed by atoms with Crippen LogP contribution < -0.4 is 14.8 Å². The Morgan fingerprint density at radius 2 is 2.17 bits per heavy atom. The van der Waals surface area contributed by atoms with Crippen molar-refractivity contribution in [2.24, 2.45) is 24.3 Å². The molecule has 3 heterocycles. The molecule has 1 aliphatic heterocycles. The first-order valence-corrected chi connectivity index (χ1v) is 14.2. The first-order chi connectivity index (χ1) is 19.6. The normalized spacial score (nSPS) is 32.1. The number of hydrogen-bond donors (Lipinski definition) is 3. The lowest BCUT2D eigenvalue weighted by Gasteiger charge is -2.51. The topological polar surface area (TPSA) is 119 Å². The van der Waals surface area contributed by atoms with Crippen molar-refractivity contribution in [1.29, 1.82) is 0 Å². The molecular weight excluding hydrogens is 588 g/mol. The van der Waals surface area contributed by atoms with E-state index in [0.29, 0.717) is 12.0 Å². The van der Waals surface area contributed by atoms with E-state index in [-0.39, 0.29) is 23.6 Å². The summed E-state index contributed by atoms with van der Waals surface area (Å²) < 4.78 is 15.0. The van der Waals surface area contributed by atoms with Crippen LogP contribution in [0.25, 0.3) is 0 Å². The number of amides is 1. The molecule has 1 saturated carbocycles. The largest absolute Gasteiger partial charge is 0.495 e. The Morgan fingerprint density at radius 3 is 2.80 bits per heavy atom. The van der Waals surface area contributed by atoms with Crippen molar-refractivity contribution in [2.45, 2.75) is 44.1 Å². The highest BCUT2D eigenvalue weighted by Crippen LogP contribution is 2.70. The van der Waals surface area contributed by atoms with E-state index in [2.05, 4.69) is 37.9 Å². The molecular formula is C31H35BrN4O5. The smallest absolute Gasteiger partial charge is 0.226 e. The molecule has 1 amide bonds. The second-order valence-corrected chi connectivity index (χ2v) is 11.9. The number of ether oxygens (including phenoxy) is 2. The number of methoxy groups -OCH3 is 1. The fourth-order valence-corrected chi connectivity index (χ4v) is 7.07. The van der Waals surface area contributed by atoms with Crippen LogP contribution in [0, 0.1) is 17.3 Å². The second kappa shape index (κ2) is 10.7. The van der Waals surface area contributed by atoms with Gasteiger partial charge < -0.3 is 25.0 Å². The third-order valence-electron chi connectivity index (χ3n) is 8.74. The molecule has 0 spiro atoms. The number of aliphatic hydroxyl groups excluding tert-OH is 1. The van der Waals surface area contributed by atoms with Gasteiger partial charge in [-0.15, -0.1) is 0 Å². The summed E-state index contributed by atoms with van der Waals surface area (Å²) in [5, 5.41) is 32.3. The van der Waals surface area contributed by atoms with E-state index >= 15 is 0 Å². The highest BCUT2D eigenvalue weighted by atomic mass is 79.9. The Balaban J connectivity index is 1.73. The predicted molar refractivity (Wildman–Crippen MR) is 158 cm³/mol. The molecule has 3 aliphatic rings. The molecule has 2 aromatic heterocycles. The zero-order valence-corrected chi connectivity index (χ0v) is 25.1. The first-order valence-electron chi connectivity index (χ1n) is 13.4. The Morgan fingerprint density at radius 1 is 1.39 bits per heavy atom. The first kappa shape index (κ1) is 29.0. The number of halogens is 1. The summed E-state index contributed by atoms with van der Waals surface area (Å²) in [5.41, 5.74) is -2.95. The maximum Gasteiger partial charge on any atom is 0.226 e. The standard InChI is InChI=1S/C31H35BrN4O5/c1-6-7-8-9-19(2)25-24(28(38)34-16-21-12-15-35-36(21)4)27(37)30(39)26-22(40-5)17-33-18-23(26)41-31(25,30)29(3)13-10-20(32)11-14-29/h6-13,15,17-18,24-25,27,37,39H,2,14,16H2,1,3-5H3,(H,34,38)/b7-6-,9-8-/t24-,25-,27-,29?,30+,31-/m1/s1. The maximum atomic E-state index is 14.1. The minimum absolute atomic E-state index is 0.190. The Labute approximate surface area is 248 Å². The number of fused-ring (bicyclic) bond motifs is 3. The number of nitrogens with one attached hydrogen (secondary N) is 1. The van der Waals surface area contributed by atoms with E-state index in [0.717, 1.165) is 10.2 Å². The summed E-state index contributed by atoms with van der Waals surface area (Å²) in [5.74, 6) is -1.87. The van der Waals surface area contributed by atoms with Crippen LogP contribution in [0.15, 0.2) is 83.8 Å². The number of pyridine rings is 1. The average molecular weight is 624 g/mol. The van der Waals surface area contributed by atoms with Crippen molar-refractivity contribution in [2.75, 3.05) is 7.11 Å². The number of carbonyl (C=O) groups is 1. The minimum Gasteiger partial charge on any atom is -0.495 e. The summed E-state index contributed by atoms with van der Waals surface area (Å²) >= 11 is 3.55. The molecule has 1 fully saturated rings. The van der Waals surface area contributed by atoms with Crippen molar-refractivity contribution in [3.8, 4) is 11.5 Å². The van der Waals surface area contributed by atoms with Gasteiger partial charge in [0.05, 0.1) is 43.2 Å². The summed E-state index contributed by atoms with van der Waals surface area (Å²) in [6.45, 7) is 8.42. The van der Waals surface area contributed by atoms with Gasteiger partial charge in [0, 0.05) is 29.1 Å². The third-order valence-corrected chi connectivity index (χ3v) is 9.33. The fraction of sp³-hybridized carbons (Fsp3) is 0.387. The Kier molecular flexibility index (Phi) is 7.61. The summed E-state index contributed by atoms with van der Waals surface area (Å²) in [7, 11) is 3.26. The van der Waals surface area contributed by atoms with Gasteiger partial charge in [-0.2, -0.15) is 5.10 Å². The minimum atomic E-state index is -2.07. The number of aryl methyl sites for hydroxylation is 1. The van der Waals surface area contributed by atoms with Crippen LogP contribution in [0.5, 0.6) is 11.5 Å². The molecule has 0 saturated heterocycles. The lowest BCUT2D eigenvalue weighted by Crippen LogP contribution is -2.64. The average Bonchev–Trinajstić information content (AvgIpc) is 3.56. The van der Waals surface area contributed by atoms with Crippen LogP contribution in [0.1, 0.15) is 31.5 Å². The molecule has 6 atom stereocenters. The van der Waals surface area contributed by atoms with Crippen LogP contribution >= 0.6 is 15.9 Å². The van der Waals surface area contributed by atoms with Crippen molar-refractivity contribution in [1.82, 2.24) is 20.1 Å². The van der Waals surface area contributed by atoms with Crippen LogP contribution in [0.4, 0.5) is 0 Å². The molecule has 0 radical (unpaired) electrons. The number of allylic oxidation sites excluding steroid dienone is 7. The summed E-state index contributed by atoms with van der Waals surface area (Å²) in [4.78, 5) is 18.4. The van der Waals surface area contributed by atoms with Crippen molar-refractivity contribution in [3.63, 3.8) is 0 Å². The molecule has 216 valence electrons. The fourth-order valence-electron chi connectivity index (χ4n) is 6.77. The van der Waals surface area contributed by atoms with Gasteiger partial charge in [-0.3, -0.25) is 14.5 Å². The summed E-state index contributed by atoms with van der Waals surface area (Å²) in [6, 6.07) is 1.81. The van der Waals surface area contributed by atoms with Crippen LogP contribution in [-0.4, -0.2) is 49.7 Å². The molecule has 2 aliphatic carbocycles. The zero-order valence-electron chi connectivity index (χ0n) is 23.5. The molecule has 10 heteroatoms. The van der Waals surface area contributed by atoms with Crippen molar-refractivity contribution in [3.05, 3.63) is 95.1 Å². The van der Waals surface area contributed by atoms with Crippen LogP contribution in [0.3, 0.4) is 0 Å². The number of nitrogens with zero attached hydrogens (tertiary/aromatic N) is 3. The molecule has 1 unspecified atom stereocenters. The summed E-state index contributed by atoms with van der Waals surface area (Å²) in [6.07, 6.45) is 16.7. The zero-order chi connectivity index (χ0) is 29.6. The van der Waals surface area contributed by atoms with Crippen molar-refractivity contribution < 1.29 is 24.5 Å². The van der Waals surface area contributed by atoms with Gasteiger partial charge in [-0.05, 0) is 25.0 Å². The van der Waals surface area contributed by atoms with E-state index in [1.165, 1.54) is 19.5 Å². The number of hydrogen-bond acceptors (Lipinski definition) is 7. The lowest BCUT2D eigenvalue weighted by atomic mass is 9.57. The van der Waals surface area contributed by atoms with E-state index in [9.17, 15) is 15.0 Å². The predicted octanol–water partition coefficient (Wildman–Crippen LogP) is 4.00. The highest BCUT2D eigenvalue weighted by Gasteiger charge is 2.81. The molecule has 9 nitrogen and oxygen atoms in total. The Hall–Kier alpha value is -3.47. The van der Waals surface area contributed by atoms with E-state index in [1.54, 1.807) is 30.1 Å². The van der Waals surface area contributed by atoms with Crippen molar-refractivity contribution >= 4 is 21.8 Å². The molecule has 0 bridgehead atoms. The SMILES string of the molecule is C=C(/C=C\C=C/C)[C@@H]1[C@@H](C(=O)NCc2ccnn2C)[C@@H](O)[C@@]2(O)c3c(OC)cncc3O[C@@]12C1(C)C=CC(Br)=CC1. The van der Waals surface area contributed by atoms with Gasteiger partial charge in [-0.25, -0.2) is 0 Å². The molecule has 5 rings (SSSR count). The number of carbonyl (C=O) groups excluding carboxylic acids is 1. The highest BCUT2D eigenvalue weighted by molar-refractivity contribution is 9.11. The third kappa shape index (κ3) is 4.23. The number of aliphatic hydroxyl groups is 2. The van der Waals surface area contributed by atoms with Crippen LogP contribution in [0.2, 0.25) is 0 Å². The molecule has 2 aromatic rings. The number of aromatic nitrogens is 3. The molecule has 41 heavy (non-hydrogen) atoms. The molecule has 3 N–H and O–H groups in total. The van der Waals surface area contributed by atoms with Gasteiger partial charge in [0.25, 0.3) is 0 Å². The number of rotatable bonds is 8. The Bertz CT molecular complexity index is 1490. The quantitative estimate of drug-likeness (QED) is 0.381. The molecule has 0 aromatic carbocycles. The monoisotopic (exact) mass is 622 g/mol.